The normalized spacial score (nSPS) is 7.50. The van der Waals surface area contributed by atoms with Crippen LogP contribution in [0.25, 0.3) is 0 Å². The fraction of sp³-hybridized carbons (Fsp3) is 1.00. The molecule has 2 N–H and O–H groups in total. The van der Waals surface area contributed by atoms with E-state index in [0.717, 1.165) is 0 Å². The molecule has 0 saturated heterocycles. The number of aliphatic hydroxyl groups excluding tert-OH is 1. The Hall–Kier alpha value is -0.120. The zero-order chi connectivity index (χ0) is 6.83. The lowest BCUT2D eigenvalue weighted by Gasteiger charge is -1.84. The second kappa shape index (κ2) is 15.8. The molecule has 52 valence electrons. The van der Waals surface area contributed by atoms with Crippen LogP contribution in [0.4, 0.5) is 0 Å². The topological polar surface area (TPSA) is 41.5 Å². The highest BCUT2D eigenvalue weighted by molar-refractivity contribution is 4.12. The van der Waals surface area contributed by atoms with Gasteiger partial charge in [0.15, 0.2) is 0 Å². The van der Waals surface area contributed by atoms with Crippen molar-refractivity contribution in [2.45, 2.75) is 0 Å². The lowest BCUT2D eigenvalue weighted by atomic mass is 10.8. The largest absolute Gasteiger partial charge is 0.394 e. The van der Waals surface area contributed by atoms with E-state index in [2.05, 4.69) is 10.1 Å². The quantitative estimate of drug-likeness (QED) is 0.515. The van der Waals surface area contributed by atoms with Crippen LogP contribution in [0, 0.1) is 0 Å². The van der Waals surface area contributed by atoms with Gasteiger partial charge in [0, 0.05) is 7.11 Å². The number of rotatable bonds is 2. The van der Waals surface area contributed by atoms with Crippen molar-refractivity contribution in [1.29, 1.82) is 0 Å². The summed E-state index contributed by atoms with van der Waals surface area (Å²) in [6.45, 7) is 0.566. The number of hydrogen-bond acceptors (Lipinski definition) is 3. The van der Waals surface area contributed by atoms with Gasteiger partial charge in [-0.2, -0.15) is 0 Å². The maximum absolute atomic E-state index is 7.94. The van der Waals surface area contributed by atoms with Crippen molar-refractivity contribution in [3.05, 3.63) is 0 Å². The van der Waals surface area contributed by atoms with E-state index in [1.807, 2.05) is 14.1 Å². The molecule has 0 rings (SSSR count). The molecule has 0 fully saturated rings. The van der Waals surface area contributed by atoms with Crippen molar-refractivity contribution in [3.8, 4) is 0 Å². The summed E-state index contributed by atoms with van der Waals surface area (Å²) in [4.78, 5) is 0. The first-order chi connectivity index (χ1) is 3.83. The number of hydrogen-bond donors (Lipinski definition) is 2. The molecule has 0 saturated carbocycles. The molecule has 0 atom stereocenters. The molecule has 0 aliphatic heterocycles. The second-order valence-corrected chi connectivity index (χ2v) is 1.22. The van der Waals surface area contributed by atoms with E-state index in [1.165, 1.54) is 0 Å². The van der Waals surface area contributed by atoms with Crippen molar-refractivity contribution in [3.63, 3.8) is 0 Å². The molecule has 0 heterocycles. The summed E-state index contributed by atoms with van der Waals surface area (Å²) in [6, 6.07) is 0. The summed E-state index contributed by atoms with van der Waals surface area (Å²) in [5.74, 6) is 0. The fourth-order valence-corrected chi connectivity index (χ4v) is 0.0913. The van der Waals surface area contributed by atoms with Crippen molar-refractivity contribution in [2.24, 2.45) is 0 Å². The van der Waals surface area contributed by atoms with Crippen LogP contribution in [-0.4, -0.2) is 39.5 Å². The molecule has 0 aromatic rings. The Morgan fingerprint density at radius 1 is 1.50 bits per heavy atom. The molecule has 0 aromatic carbocycles. The van der Waals surface area contributed by atoms with Crippen molar-refractivity contribution in [1.82, 2.24) is 5.32 Å². The van der Waals surface area contributed by atoms with E-state index in [-0.39, 0.29) is 6.61 Å². The van der Waals surface area contributed by atoms with Gasteiger partial charge >= 0.3 is 0 Å². The molecule has 3 nitrogen and oxygen atoms in total. The summed E-state index contributed by atoms with van der Waals surface area (Å²) in [5, 5.41) is 10.7. The average Bonchev–Trinajstić information content (AvgIpc) is 1.71. The Labute approximate surface area is 50.7 Å². The minimum Gasteiger partial charge on any atom is -0.394 e. The molecule has 0 bridgehead atoms. The third-order valence-corrected chi connectivity index (χ3v) is 0.295. The van der Waals surface area contributed by atoms with E-state index in [0.29, 0.717) is 6.61 Å². The van der Waals surface area contributed by atoms with Crippen LogP contribution in [0.3, 0.4) is 0 Å². The van der Waals surface area contributed by atoms with Crippen molar-refractivity contribution >= 4 is 0 Å². The standard InChI is InChI=1S/C3H8O2.C2H7N/c1-5-3-2-4;1-3-2/h4H,2-3H2,1H3;3H,1-2H3. The Balaban J connectivity index is 0. The number of ether oxygens (including phenoxy) is 1. The van der Waals surface area contributed by atoms with E-state index in [1.54, 1.807) is 7.11 Å². The maximum atomic E-state index is 7.94. The monoisotopic (exact) mass is 121 g/mol. The average molecular weight is 121 g/mol. The summed E-state index contributed by atoms with van der Waals surface area (Å²) >= 11 is 0. The van der Waals surface area contributed by atoms with Crippen molar-refractivity contribution < 1.29 is 9.84 Å². The van der Waals surface area contributed by atoms with E-state index in [9.17, 15) is 0 Å². The Kier molecular flexibility index (Phi) is 21.3. The first kappa shape index (κ1) is 10.8. The zero-order valence-corrected chi connectivity index (χ0v) is 5.77. The summed E-state index contributed by atoms with van der Waals surface area (Å²) in [7, 11) is 5.30. The van der Waals surface area contributed by atoms with E-state index in [4.69, 9.17) is 5.11 Å². The molecule has 0 aliphatic carbocycles. The fourth-order valence-electron chi connectivity index (χ4n) is 0.0913. The minimum atomic E-state index is 0.122. The van der Waals surface area contributed by atoms with Gasteiger partial charge in [0.25, 0.3) is 0 Å². The summed E-state index contributed by atoms with van der Waals surface area (Å²) < 4.78 is 4.44. The maximum Gasteiger partial charge on any atom is 0.0693 e. The van der Waals surface area contributed by atoms with Crippen LogP contribution in [0.1, 0.15) is 0 Å². The van der Waals surface area contributed by atoms with Crippen LogP contribution in [0.2, 0.25) is 0 Å². The van der Waals surface area contributed by atoms with E-state index < -0.39 is 0 Å². The van der Waals surface area contributed by atoms with Gasteiger partial charge in [0.05, 0.1) is 13.2 Å². The molecule has 0 aliphatic rings. The Morgan fingerprint density at radius 3 is 1.88 bits per heavy atom. The van der Waals surface area contributed by atoms with Gasteiger partial charge in [0.2, 0.25) is 0 Å². The summed E-state index contributed by atoms with van der Waals surface area (Å²) in [6.07, 6.45) is 0. The van der Waals surface area contributed by atoms with Gasteiger partial charge in [-0.15, -0.1) is 0 Å². The van der Waals surface area contributed by atoms with Gasteiger partial charge < -0.3 is 15.2 Å². The SMILES string of the molecule is CNC.COCCO. The summed E-state index contributed by atoms with van der Waals surface area (Å²) in [5.41, 5.74) is 0. The molecule has 0 amide bonds. The van der Waals surface area contributed by atoms with Gasteiger partial charge in [-0.25, -0.2) is 0 Å². The van der Waals surface area contributed by atoms with Gasteiger partial charge in [-0.3, -0.25) is 0 Å². The van der Waals surface area contributed by atoms with Crippen LogP contribution >= 0.6 is 0 Å². The molecule has 0 aromatic heterocycles. The first-order valence-electron chi connectivity index (χ1n) is 2.51. The van der Waals surface area contributed by atoms with E-state index >= 15 is 0 Å². The first-order valence-corrected chi connectivity index (χ1v) is 2.51. The highest BCUT2D eigenvalue weighted by atomic mass is 16.5. The third kappa shape index (κ3) is 39.6. The molecular weight excluding hydrogens is 106 g/mol. The molecule has 8 heavy (non-hydrogen) atoms. The third-order valence-electron chi connectivity index (χ3n) is 0.295. The van der Waals surface area contributed by atoms with Gasteiger partial charge in [-0.05, 0) is 14.1 Å². The number of methoxy groups -OCH3 is 1. The zero-order valence-electron chi connectivity index (χ0n) is 5.77. The second-order valence-electron chi connectivity index (χ2n) is 1.22. The molecule has 0 spiro atoms. The highest BCUT2D eigenvalue weighted by Crippen LogP contribution is 1.56. The Morgan fingerprint density at radius 2 is 1.88 bits per heavy atom. The van der Waals surface area contributed by atoms with Gasteiger partial charge in [-0.1, -0.05) is 0 Å². The number of aliphatic hydroxyl groups is 1. The molecule has 3 heteroatoms. The van der Waals surface area contributed by atoms with Crippen LogP contribution in [0.5, 0.6) is 0 Å². The van der Waals surface area contributed by atoms with Crippen LogP contribution in [0.15, 0.2) is 0 Å². The van der Waals surface area contributed by atoms with Crippen molar-refractivity contribution in [2.75, 3.05) is 34.4 Å². The smallest absolute Gasteiger partial charge is 0.0693 e. The van der Waals surface area contributed by atoms with Crippen LogP contribution in [-0.2, 0) is 4.74 Å². The van der Waals surface area contributed by atoms with Gasteiger partial charge in [0.1, 0.15) is 0 Å². The molecule has 0 unspecified atom stereocenters. The molecular formula is C5H15NO2. The predicted molar refractivity (Wildman–Crippen MR) is 33.9 cm³/mol. The number of nitrogens with one attached hydrogen (secondary N) is 1. The highest BCUT2D eigenvalue weighted by Gasteiger charge is 1.67. The lowest BCUT2D eigenvalue weighted by molar-refractivity contribution is 0.135. The minimum absolute atomic E-state index is 0.122. The lowest BCUT2D eigenvalue weighted by Crippen LogP contribution is -1.91. The molecule has 0 radical (unpaired) electrons. The predicted octanol–water partition coefficient (Wildman–Crippen LogP) is -0.539. The Bertz CT molecular complexity index is 24.4. The van der Waals surface area contributed by atoms with Crippen LogP contribution < -0.4 is 5.32 Å².